The number of amides is 2. The Labute approximate surface area is 195 Å². The van der Waals surface area contributed by atoms with E-state index in [1.54, 1.807) is 6.08 Å². The summed E-state index contributed by atoms with van der Waals surface area (Å²) in [5, 5.41) is 2.02. The molecule has 0 unspecified atom stereocenters. The van der Waals surface area contributed by atoms with Crippen molar-refractivity contribution in [3.63, 3.8) is 0 Å². The molecule has 4 nitrogen and oxygen atoms in total. The van der Waals surface area contributed by atoms with Crippen LogP contribution >= 0.6 is 23.6 Å². The lowest BCUT2D eigenvalue weighted by Gasteiger charge is -2.37. The molecule has 0 saturated carbocycles. The summed E-state index contributed by atoms with van der Waals surface area (Å²) >= 11 is 7.27. The van der Waals surface area contributed by atoms with Crippen LogP contribution in [0.5, 0.6) is 0 Å². The standard InChI is InChI=1S/C26H18N2O2S2/c1-17-14-15-20(32-17)16-22-24(29)27(19-10-3-2-4-11-19)26(31)28(25(22)30)23-13-7-9-18-8-5-6-12-21(18)23/h2-16H,1H3. The number of aryl methyl sites for hydroxylation is 1. The number of thiophene rings is 1. The lowest BCUT2D eigenvalue weighted by atomic mass is 10.0. The van der Waals surface area contributed by atoms with E-state index in [2.05, 4.69) is 0 Å². The molecule has 0 N–H and O–H groups in total. The number of nitrogens with zero attached hydrogens (tertiary/aromatic N) is 2. The van der Waals surface area contributed by atoms with Gasteiger partial charge in [0.1, 0.15) is 5.57 Å². The average Bonchev–Trinajstić information content (AvgIpc) is 3.22. The third-order valence-electron chi connectivity index (χ3n) is 5.32. The first-order valence-corrected chi connectivity index (χ1v) is 11.3. The van der Waals surface area contributed by atoms with Gasteiger partial charge in [-0.25, -0.2) is 0 Å². The molecule has 1 aromatic heterocycles. The van der Waals surface area contributed by atoms with Gasteiger partial charge in [-0.1, -0.05) is 54.6 Å². The predicted octanol–water partition coefficient (Wildman–Crippen LogP) is 5.96. The molecule has 1 fully saturated rings. The van der Waals surface area contributed by atoms with Crippen LogP contribution in [0.25, 0.3) is 16.8 Å². The molecule has 1 saturated heterocycles. The van der Waals surface area contributed by atoms with Crippen LogP contribution in [0.2, 0.25) is 0 Å². The number of carbonyl (C=O) groups is 2. The Hall–Kier alpha value is -3.61. The molecular weight excluding hydrogens is 436 g/mol. The van der Waals surface area contributed by atoms with E-state index in [-0.39, 0.29) is 10.7 Å². The van der Waals surface area contributed by atoms with Gasteiger partial charge in [0.25, 0.3) is 11.8 Å². The molecule has 156 valence electrons. The fourth-order valence-electron chi connectivity index (χ4n) is 3.82. The van der Waals surface area contributed by atoms with Gasteiger partial charge < -0.3 is 0 Å². The molecule has 0 aliphatic carbocycles. The maximum absolute atomic E-state index is 13.7. The van der Waals surface area contributed by atoms with Crippen LogP contribution in [0.4, 0.5) is 11.4 Å². The Kier molecular flexibility index (Phi) is 5.17. The minimum Gasteiger partial charge on any atom is -0.268 e. The summed E-state index contributed by atoms with van der Waals surface area (Å²) in [4.78, 5) is 32.1. The smallest absolute Gasteiger partial charge is 0.268 e. The summed E-state index contributed by atoms with van der Waals surface area (Å²) in [6, 6.07) is 26.6. The zero-order valence-electron chi connectivity index (χ0n) is 17.2. The second-order valence-electron chi connectivity index (χ2n) is 7.40. The van der Waals surface area contributed by atoms with Crippen molar-refractivity contribution in [2.45, 2.75) is 6.92 Å². The zero-order chi connectivity index (χ0) is 22.2. The monoisotopic (exact) mass is 454 g/mol. The van der Waals surface area contributed by atoms with Crippen molar-refractivity contribution in [2.24, 2.45) is 0 Å². The van der Waals surface area contributed by atoms with E-state index in [4.69, 9.17) is 12.2 Å². The lowest BCUT2D eigenvalue weighted by molar-refractivity contribution is -0.120. The normalized spacial score (nSPS) is 15.8. The van der Waals surface area contributed by atoms with Crippen molar-refractivity contribution in [3.05, 3.63) is 100 Å². The van der Waals surface area contributed by atoms with Gasteiger partial charge >= 0.3 is 0 Å². The van der Waals surface area contributed by atoms with Crippen molar-refractivity contribution in [1.29, 1.82) is 0 Å². The summed E-state index contributed by atoms with van der Waals surface area (Å²) in [5.74, 6) is -0.844. The van der Waals surface area contributed by atoms with Gasteiger partial charge in [-0.15, -0.1) is 11.3 Å². The topological polar surface area (TPSA) is 40.6 Å². The first-order chi connectivity index (χ1) is 15.5. The molecule has 0 atom stereocenters. The highest BCUT2D eigenvalue weighted by Gasteiger charge is 2.41. The van der Waals surface area contributed by atoms with E-state index in [1.165, 1.54) is 21.1 Å². The van der Waals surface area contributed by atoms with Gasteiger partial charge in [-0.05, 0) is 60.9 Å². The Morgan fingerprint density at radius 1 is 0.781 bits per heavy atom. The number of anilines is 2. The number of fused-ring (bicyclic) bond motifs is 1. The second kappa shape index (κ2) is 8.15. The average molecular weight is 455 g/mol. The molecule has 32 heavy (non-hydrogen) atoms. The quantitative estimate of drug-likeness (QED) is 0.218. The summed E-state index contributed by atoms with van der Waals surface area (Å²) in [6.07, 6.45) is 1.66. The Balaban J connectivity index is 1.72. The predicted molar refractivity (Wildman–Crippen MR) is 135 cm³/mol. The number of carbonyl (C=O) groups excluding carboxylic acids is 2. The first kappa shape index (κ1) is 20.3. The van der Waals surface area contributed by atoms with Gasteiger partial charge in [0.2, 0.25) is 0 Å². The molecule has 1 aliphatic heterocycles. The molecule has 3 aromatic carbocycles. The van der Waals surface area contributed by atoms with Gasteiger partial charge in [-0.3, -0.25) is 19.4 Å². The van der Waals surface area contributed by atoms with Gasteiger partial charge in [0, 0.05) is 15.1 Å². The molecule has 2 amide bonds. The molecule has 4 aromatic rings. The summed E-state index contributed by atoms with van der Waals surface area (Å²) in [6.45, 7) is 1.99. The zero-order valence-corrected chi connectivity index (χ0v) is 18.8. The third kappa shape index (κ3) is 3.43. The number of rotatable bonds is 3. The van der Waals surface area contributed by atoms with E-state index < -0.39 is 11.8 Å². The summed E-state index contributed by atoms with van der Waals surface area (Å²) in [7, 11) is 0. The van der Waals surface area contributed by atoms with E-state index in [1.807, 2.05) is 91.9 Å². The van der Waals surface area contributed by atoms with Crippen LogP contribution in [-0.4, -0.2) is 16.9 Å². The van der Waals surface area contributed by atoms with Crippen molar-refractivity contribution in [3.8, 4) is 0 Å². The van der Waals surface area contributed by atoms with Crippen molar-refractivity contribution < 1.29 is 9.59 Å². The minimum atomic E-state index is -0.422. The Bertz CT molecular complexity index is 1400. The minimum absolute atomic E-state index is 0.0808. The number of hydrogen-bond acceptors (Lipinski definition) is 4. The maximum Gasteiger partial charge on any atom is 0.270 e. The van der Waals surface area contributed by atoms with Crippen LogP contribution in [0.3, 0.4) is 0 Å². The Morgan fingerprint density at radius 2 is 1.47 bits per heavy atom. The van der Waals surface area contributed by atoms with Crippen molar-refractivity contribution in [1.82, 2.24) is 0 Å². The van der Waals surface area contributed by atoms with Crippen molar-refractivity contribution in [2.75, 3.05) is 9.80 Å². The second-order valence-corrected chi connectivity index (χ2v) is 9.09. The molecule has 0 bridgehead atoms. The Morgan fingerprint density at radius 3 is 2.22 bits per heavy atom. The van der Waals surface area contributed by atoms with E-state index in [9.17, 15) is 9.59 Å². The van der Waals surface area contributed by atoms with Crippen molar-refractivity contribution >= 4 is 68.7 Å². The number of para-hydroxylation sites is 1. The van der Waals surface area contributed by atoms with Gasteiger partial charge in [0.15, 0.2) is 5.11 Å². The van der Waals surface area contributed by atoms with Crippen LogP contribution in [0, 0.1) is 6.92 Å². The largest absolute Gasteiger partial charge is 0.270 e. The van der Waals surface area contributed by atoms with E-state index >= 15 is 0 Å². The lowest BCUT2D eigenvalue weighted by Crippen LogP contribution is -2.57. The number of benzene rings is 3. The molecule has 2 heterocycles. The van der Waals surface area contributed by atoms with Gasteiger partial charge in [0.05, 0.1) is 11.4 Å². The van der Waals surface area contributed by atoms with E-state index in [0.29, 0.717) is 11.4 Å². The fourth-order valence-corrected chi connectivity index (χ4v) is 5.01. The molecule has 0 radical (unpaired) electrons. The molecular formula is C26H18N2O2S2. The van der Waals surface area contributed by atoms with Crippen LogP contribution in [0.15, 0.2) is 90.5 Å². The highest BCUT2D eigenvalue weighted by molar-refractivity contribution is 7.81. The maximum atomic E-state index is 13.7. The molecule has 6 heteroatoms. The first-order valence-electron chi connectivity index (χ1n) is 10.1. The molecule has 1 aliphatic rings. The summed E-state index contributed by atoms with van der Waals surface area (Å²) < 4.78 is 0. The highest BCUT2D eigenvalue weighted by Crippen LogP contribution is 2.34. The SMILES string of the molecule is Cc1ccc(C=C2C(=O)N(c3ccccc3)C(=S)N(c3cccc4ccccc34)C2=O)s1. The summed E-state index contributed by atoms with van der Waals surface area (Å²) in [5.41, 5.74) is 1.35. The number of thiocarbonyl (C=S) groups is 1. The molecule has 0 spiro atoms. The molecule has 5 rings (SSSR count). The van der Waals surface area contributed by atoms with Crippen LogP contribution < -0.4 is 9.80 Å². The van der Waals surface area contributed by atoms with Crippen LogP contribution in [-0.2, 0) is 9.59 Å². The number of hydrogen-bond donors (Lipinski definition) is 0. The third-order valence-corrected chi connectivity index (χ3v) is 6.63. The highest BCUT2D eigenvalue weighted by atomic mass is 32.1. The van der Waals surface area contributed by atoms with Crippen LogP contribution in [0.1, 0.15) is 9.75 Å². The van der Waals surface area contributed by atoms with E-state index in [0.717, 1.165) is 20.5 Å². The fraction of sp³-hybridized carbons (Fsp3) is 0.0385. The van der Waals surface area contributed by atoms with Gasteiger partial charge in [-0.2, -0.15) is 0 Å².